The van der Waals surface area contributed by atoms with Crippen LogP contribution in [0, 0.1) is 5.92 Å². The fourth-order valence-electron chi connectivity index (χ4n) is 4.82. The third-order valence-corrected chi connectivity index (χ3v) is 8.22. The van der Waals surface area contributed by atoms with E-state index in [0.29, 0.717) is 24.3 Å². The minimum absolute atomic E-state index is 0.171. The average Bonchev–Trinajstić information content (AvgIpc) is 3.02. The second-order valence-corrected chi connectivity index (χ2v) is 12.2. The van der Waals surface area contributed by atoms with Gasteiger partial charge in [-0.3, -0.25) is 0 Å². The third kappa shape index (κ3) is 16.2. The molecule has 0 fully saturated rings. The summed E-state index contributed by atoms with van der Waals surface area (Å²) in [6.07, 6.45) is 22.5. The van der Waals surface area contributed by atoms with Gasteiger partial charge in [-0.2, -0.15) is 0 Å². The van der Waals surface area contributed by atoms with E-state index in [-0.39, 0.29) is 16.7 Å². The Labute approximate surface area is 266 Å². The molecule has 6 heteroatoms. The van der Waals surface area contributed by atoms with Crippen molar-refractivity contribution in [1.29, 1.82) is 0 Å². The van der Waals surface area contributed by atoms with Gasteiger partial charge in [-0.25, -0.2) is 9.59 Å². The number of carbonyl (C=O) groups excluding carboxylic acids is 2. The van der Waals surface area contributed by atoms with E-state index in [9.17, 15) is 9.59 Å². The van der Waals surface area contributed by atoms with Gasteiger partial charge in [0.25, 0.3) is 0 Å². The Kier molecular flexibility index (Phi) is 19.6. The maximum Gasteiger partial charge on any atom is 0.343 e. The van der Waals surface area contributed by atoms with Gasteiger partial charge in [-0.05, 0) is 54.8 Å². The van der Waals surface area contributed by atoms with E-state index in [1.165, 1.54) is 108 Å². The summed E-state index contributed by atoms with van der Waals surface area (Å²) in [6, 6.07) is 11.4. The summed E-state index contributed by atoms with van der Waals surface area (Å²) in [6.45, 7) is 7.36. The topological polar surface area (TPSA) is 61.8 Å². The zero-order valence-corrected chi connectivity index (χ0v) is 27.7. The van der Waals surface area contributed by atoms with Crippen LogP contribution in [0.5, 0.6) is 11.5 Å². The molecule has 1 unspecified atom stereocenters. The molecule has 0 radical (unpaired) electrons. The maximum atomic E-state index is 12.6. The number of benzene rings is 2. The molecule has 2 aromatic rings. The Balaban J connectivity index is 1.54. The molecule has 0 amide bonds. The molecule has 0 aliphatic carbocycles. The molecule has 0 spiro atoms. The molecule has 2 rings (SSSR count). The van der Waals surface area contributed by atoms with E-state index in [1.54, 1.807) is 30.3 Å². The van der Waals surface area contributed by atoms with Crippen LogP contribution in [-0.2, 0) is 4.74 Å². The molecule has 0 saturated heterocycles. The number of esters is 2. The summed E-state index contributed by atoms with van der Waals surface area (Å²) in [4.78, 5) is 24.9. The highest BCUT2D eigenvalue weighted by atomic mass is 35.5. The monoisotopic (exact) mass is 614 g/mol. The summed E-state index contributed by atoms with van der Waals surface area (Å²) in [7, 11) is 0. The summed E-state index contributed by atoms with van der Waals surface area (Å²) in [5.74, 6) is 0.230. The number of halogens is 1. The van der Waals surface area contributed by atoms with Gasteiger partial charge in [0.05, 0.1) is 29.4 Å². The maximum absolute atomic E-state index is 12.6. The summed E-state index contributed by atoms with van der Waals surface area (Å²) < 4.78 is 16.6. The highest BCUT2D eigenvalue weighted by Crippen LogP contribution is 2.27. The smallest absolute Gasteiger partial charge is 0.343 e. The number of rotatable bonds is 24. The number of ether oxygens (including phenoxy) is 3. The molecule has 2 aromatic carbocycles. The van der Waals surface area contributed by atoms with Crippen molar-refractivity contribution in [2.75, 3.05) is 13.2 Å². The molecule has 0 heterocycles. The molecular formula is C37H55ClO5. The van der Waals surface area contributed by atoms with Crippen molar-refractivity contribution in [2.24, 2.45) is 5.92 Å². The van der Waals surface area contributed by atoms with Gasteiger partial charge in [0, 0.05) is 0 Å². The van der Waals surface area contributed by atoms with E-state index in [1.807, 2.05) is 13.8 Å². The van der Waals surface area contributed by atoms with Crippen molar-refractivity contribution < 1.29 is 23.8 Å². The van der Waals surface area contributed by atoms with Gasteiger partial charge in [0.2, 0.25) is 0 Å². The van der Waals surface area contributed by atoms with Crippen molar-refractivity contribution >= 4 is 23.5 Å². The van der Waals surface area contributed by atoms with E-state index >= 15 is 0 Å². The molecule has 1 atom stereocenters. The Morgan fingerprint density at radius 1 is 0.674 bits per heavy atom. The van der Waals surface area contributed by atoms with Crippen LogP contribution >= 0.6 is 11.6 Å². The van der Waals surface area contributed by atoms with Crippen LogP contribution in [0.15, 0.2) is 42.5 Å². The van der Waals surface area contributed by atoms with Gasteiger partial charge in [-0.15, -0.1) is 0 Å². The summed E-state index contributed by atoms with van der Waals surface area (Å²) in [5, 5.41) is 0.171. The summed E-state index contributed by atoms with van der Waals surface area (Å²) in [5.41, 5.74) is 0.710. The fourth-order valence-corrected chi connectivity index (χ4v) is 5.04. The SMILES string of the molecule is CCCCCCCCCCCCCCCCCCOc1ccc(C(=O)Oc2ccc(C(=O)OCC(C)CC)cc2Cl)cc1. The third-order valence-electron chi connectivity index (χ3n) is 7.92. The average molecular weight is 615 g/mol. The lowest BCUT2D eigenvalue weighted by Crippen LogP contribution is -2.12. The van der Waals surface area contributed by atoms with Gasteiger partial charge < -0.3 is 14.2 Å². The van der Waals surface area contributed by atoms with Crippen molar-refractivity contribution in [3.05, 3.63) is 58.6 Å². The Morgan fingerprint density at radius 2 is 1.19 bits per heavy atom. The van der Waals surface area contributed by atoms with Gasteiger partial charge in [0.15, 0.2) is 0 Å². The minimum Gasteiger partial charge on any atom is -0.494 e. The fraction of sp³-hybridized carbons (Fsp3) is 0.622. The first-order chi connectivity index (χ1) is 20.9. The molecule has 0 aromatic heterocycles. The van der Waals surface area contributed by atoms with E-state index in [2.05, 4.69) is 6.92 Å². The van der Waals surface area contributed by atoms with Crippen LogP contribution in [0.4, 0.5) is 0 Å². The largest absolute Gasteiger partial charge is 0.494 e. The quantitative estimate of drug-likeness (QED) is 0.0668. The Morgan fingerprint density at radius 3 is 1.70 bits per heavy atom. The van der Waals surface area contributed by atoms with Gasteiger partial charge in [-0.1, -0.05) is 135 Å². The van der Waals surface area contributed by atoms with Crippen molar-refractivity contribution in [1.82, 2.24) is 0 Å². The molecular weight excluding hydrogens is 560 g/mol. The number of unbranched alkanes of at least 4 members (excludes halogenated alkanes) is 15. The predicted octanol–water partition coefficient (Wildman–Crippen LogP) is 11.4. The standard InChI is InChI=1S/C37H55ClO5/c1-4-6-7-8-9-10-11-12-13-14-15-16-17-18-19-20-27-41-33-24-21-31(22-25-33)37(40)43-35-26-23-32(28-34(35)38)36(39)42-29-30(3)5-2/h21-26,28,30H,4-20,27,29H2,1-3H3. The summed E-state index contributed by atoms with van der Waals surface area (Å²) >= 11 is 6.28. The van der Waals surface area contributed by atoms with Crippen LogP contribution in [-0.4, -0.2) is 25.2 Å². The van der Waals surface area contributed by atoms with Crippen LogP contribution in [0.2, 0.25) is 5.02 Å². The highest BCUT2D eigenvalue weighted by molar-refractivity contribution is 6.32. The second kappa shape index (κ2) is 22.9. The van der Waals surface area contributed by atoms with E-state index < -0.39 is 11.9 Å². The highest BCUT2D eigenvalue weighted by Gasteiger charge is 2.15. The molecule has 43 heavy (non-hydrogen) atoms. The lowest BCUT2D eigenvalue weighted by atomic mass is 10.0. The van der Waals surface area contributed by atoms with Crippen LogP contribution in [0.1, 0.15) is 151 Å². The molecule has 240 valence electrons. The first kappa shape index (κ1) is 36.7. The first-order valence-electron chi connectivity index (χ1n) is 16.9. The zero-order chi connectivity index (χ0) is 31.1. The lowest BCUT2D eigenvalue weighted by Gasteiger charge is -2.11. The van der Waals surface area contributed by atoms with Crippen LogP contribution in [0.25, 0.3) is 0 Å². The van der Waals surface area contributed by atoms with Crippen molar-refractivity contribution in [3.8, 4) is 11.5 Å². The van der Waals surface area contributed by atoms with Gasteiger partial charge >= 0.3 is 11.9 Å². The molecule has 0 aliphatic heterocycles. The van der Waals surface area contributed by atoms with Gasteiger partial charge in [0.1, 0.15) is 11.5 Å². The lowest BCUT2D eigenvalue weighted by molar-refractivity contribution is 0.0447. The normalized spacial score (nSPS) is 11.7. The van der Waals surface area contributed by atoms with Crippen LogP contribution < -0.4 is 9.47 Å². The Hall–Kier alpha value is -2.53. The number of carbonyl (C=O) groups is 2. The van der Waals surface area contributed by atoms with Crippen LogP contribution in [0.3, 0.4) is 0 Å². The van der Waals surface area contributed by atoms with E-state index in [4.69, 9.17) is 25.8 Å². The molecule has 0 aliphatic rings. The number of hydrogen-bond donors (Lipinski definition) is 0. The molecule has 0 bridgehead atoms. The van der Waals surface area contributed by atoms with Crippen molar-refractivity contribution in [2.45, 2.75) is 130 Å². The molecule has 0 saturated carbocycles. The predicted molar refractivity (Wildman–Crippen MR) is 178 cm³/mol. The Bertz CT molecular complexity index is 1040. The molecule has 0 N–H and O–H groups in total. The zero-order valence-electron chi connectivity index (χ0n) is 27.0. The first-order valence-corrected chi connectivity index (χ1v) is 17.2. The second-order valence-electron chi connectivity index (χ2n) is 11.8. The molecule has 5 nitrogen and oxygen atoms in total. The number of hydrogen-bond acceptors (Lipinski definition) is 5. The van der Waals surface area contributed by atoms with E-state index in [0.717, 1.165) is 18.6 Å². The minimum atomic E-state index is -0.529. The van der Waals surface area contributed by atoms with Crippen molar-refractivity contribution in [3.63, 3.8) is 0 Å².